The molecule has 1 saturated heterocycles. The maximum absolute atomic E-state index is 12.7. The van der Waals surface area contributed by atoms with Crippen LogP contribution in [0.25, 0.3) is 0 Å². The smallest absolute Gasteiger partial charge is 0.252 e. The molecular weight excluding hydrogens is 308 g/mol. The van der Waals surface area contributed by atoms with Crippen molar-refractivity contribution >= 4 is 27.3 Å². The van der Waals surface area contributed by atoms with Crippen molar-refractivity contribution in [3.05, 3.63) is 17.0 Å². The second-order valence-corrected chi connectivity index (χ2v) is 9.23. The summed E-state index contributed by atoms with van der Waals surface area (Å²) < 4.78 is 27.3. The molecule has 0 spiro atoms. The number of piperidine rings is 1. The van der Waals surface area contributed by atoms with E-state index in [-0.39, 0.29) is 5.91 Å². The Morgan fingerprint density at radius 3 is 2.52 bits per heavy atom. The van der Waals surface area contributed by atoms with Gasteiger partial charge >= 0.3 is 0 Å². The highest BCUT2D eigenvalue weighted by Crippen LogP contribution is 2.30. The molecule has 5 nitrogen and oxygen atoms in total. The zero-order valence-corrected chi connectivity index (χ0v) is 14.3. The first-order valence-electron chi connectivity index (χ1n) is 7.12. The van der Waals surface area contributed by atoms with Crippen LogP contribution in [0.1, 0.15) is 32.1 Å². The minimum Gasteiger partial charge on any atom is -0.351 e. The van der Waals surface area contributed by atoms with E-state index in [4.69, 9.17) is 0 Å². The Morgan fingerprint density at radius 2 is 1.95 bits per heavy atom. The van der Waals surface area contributed by atoms with Crippen molar-refractivity contribution in [2.45, 2.75) is 37.9 Å². The molecule has 2 rings (SSSR count). The van der Waals surface area contributed by atoms with E-state index >= 15 is 0 Å². The van der Waals surface area contributed by atoms with E-state index in [1.54, 1.807) is 16.4 Å². The first kappa shape index (κ1) is 16.5. The van der Waals surface area contributed by atoms with Gasteiger partial charge < -0.3 is 5.32 Å². The Kier molecular flexibility index (Phi) is 5.06. The quantitative estimate of drug-likeness (QED) is 0.919. The Balaban J connectivity index is 2.14. The molecule has 1 N–H and O–H groups in total. The molecular formula is C14H22N2O3S2. The van der Waals surface area contributed by atoms with Crippen LogP contribution in [-0.2, 0) is 21.4 Å². The van der Waals surface area contributed by atoms with Gasteiger partial charge in [-0.05, 0) is 30.4 Å². The lowest BCUT2D eigenvalue weighted by Gasteiger charge is -2.33. The molecule has 1 aromatic heterocycles. The van der Waals surface area contributed by atoms with Crippen LogP contribution in [0, 0.1) is 11.8 Å². The van der Waals surface area contributed by atoms with Gasteiger partial charge in [-0.2, -0.15) is 4.31 Å². The second kappa shape index (κ2) is 6.46. The number of amides is 1. The number of nitrogens with zero attached hydrogens (tertiary/aromatic N) is 1. The first-order valence-corrected chi connectivity index (χ1v) is 9.38. The van der Waals surface area contributed by atoms with Crippen LogP contribution in [0.4, 0.5) is 0 Å². The van der Waals surface area contributed by atoms with Gasteiger partial charge in [0, 0.05) is 24.9 Å². The molecule has 1 fully saturated rings. The Hall–Kier alpha value is -0.920. The molecule has 2 atom stereocenters. The van der Waals surface area contributed by atoms with E-state index in [1.165, 1.54) is 18.3 Å². The van der Waals surface area contributed by atoms with E-state index < -0.39 is 10.0 Å². The molecule has 0 bridgehead atoms. The number of sulfonamides is 1. The standard InChI is InChI=1S/C14H22N2O3S2/c1-10-6-11(2)9-16(8-10)21(18,19)14-5-4-13(20-14)7-15-12(3)17/h4-5,10-11H,6-9H2,1-3H3,(H,15,17)/t10-,11-/m1/s1. The highest BCUT2D eigenvalue weighted by Gasteiger charge is 2.32. The zero-order chi connectivity index (χ0) is 15.6. The lowest BCUT2D eigenvalue weighted by Crippen LogP contribution is -2.42. The van der Waals surface area contributed by atoms with Crippen LogP contribution in [-0.4, -0.2) is 31.7 Å². The van der Waals surface area contributed by atoms with Crippen molar-refractivity contribution < 1.29 is 13.2 Å². The molecule has 21 heavy (non-hydrogen) atoms. The summed E-state index contributed by atoms with van der Waals surface area (Å²) in [5.41, 5.74) is 0. The molecule has 1 aliphatic rings. The number of nitrogens with one attached hydrogen (secondary N) is 1. The van der Waals surface area contributed by atoms with Crippen molar-refractivity contribution in [1.29, 1.82) is 0 Å². The summed E-state index contributed by atoms with van der Waals surface area (Å²) in [6.45, 7) is 7.19. The van der Waals surface area contributed by atoms with E-state index in [0.717, 1.165) is 11.3 Å². The van der Waals surface area contributed by atoms with Crippen molar-refractivity contribution in [1.82, 2.24) is 9.62 Å². The van der Waals surface area contributed by atoms with Crippen LogP contribution in [0.5, 0.6) is 0 Å². The second-order valence-electron chi connectivity index (χ2n) is 5.90. The van der Waals surface area contributed by atoms with Gasteiger partial charge in [0.25, 0.3) is 10.0 Å². The molecule has 7 heteroatoms. The fourth-order valence-corrected chi connectivity index (χ4v) is 5.86. The highest BCUT2D eigenvalue weighted by molar-refractivity contribution is 7.91. The molecule has 118 valence electrons. The minimum absolute atomic E-state index is 0.119. The fourth-order valence-electron chi connectivity index (χ4n) is 2.73. The number of hydrogen-bond donors (Lipinski definition) is 1. The van der Waals surface area contributed by atoms with Crippen molar-refractivity contribution in [2.24, 2.45) is 11.8 Å². The van der Waals surface area contributed by atoms with Gasteiger partial charge in [-0.3, -0.25) is 4.79 Å². The molecule has 0 radical (unpaired) electrons. The normalized spacial score (nSPS) is 24.0. The Morgan fingerprint density at radius 1 is 1.33 bits per heavy atom. The summed E-state index contributed by atoms with van der Waals surface area (Å²) in [5.74, 6) is 0.663. The summed E-state index contributed by atoms with van der Waals surface area (Å²) in [6, 6.07) is 3.41. The molecule has 1 aliphatic heterocycles. The molecule has 0 aromatic carbocycles. The minimum atomic E-state index is -3.41. The van der Waals surface area contributed by atoms with Crippen LogP contribution in [0.15, 0.2) is 16.3 Å². The predicted octanol–water partition coefficient (Wildman–Crippen LogP) is 2.05. The summed E-state index contributed by atoms with van der Waals surface area (Å²) in [5, 5.41) is 2.68. The topological polar surface area (TPSA) is 66.5 Å². The fraction of sp³-hybridized carbons (Fsp3) is 0.643. The van der Waals surface area contributed by atoms with Gasteiger partial charge in [-0.15, -0.1) is 11.3 Å². The molecule has 1 amide bonds. The maximum atomic E-state index is 12.7. The number of thiophene rings is 1. The molecule has 1 aromatic rings. The van der Waals surface area contributed by atoms with Gasteiger partial charge in [-0.25, -0.2) is 8.42 Å². The molecule has 0 saturated carbocycles. The van der Waals surface area contributed by atoms with Gasteiger partial charge in [0.1, 0.15) is 4.21 Å². The number of hydrogen-bond acceptors (Lipinski definition) is 4. The average molecular weight is 330 g/mol. The SMILES string of the molecule is CC(=O)NCc1ccc(S(=O)(=O)N2C[C@H](C)C[C@@H](C)C2)s1. The Labute approximate surface area is 130 Å². The van der Waals surface area contributed by atoms with Crippen molar-refractivity contribution in [3.8, 4) is 0 Å². The zero-order valence-electron chi connectivity index (χ0n) is 12.6. The Bertz CT molecular complexity index is 599. The van der Waals surface area contributed by atoms with E-state index in [9.17, 15) is 13.2 Å². The lowest BCUT2D eigenvalue weighted by molar-refractivity contribution is -0.119. The van der Waals surface area contributed by atoms with Gasteiger partial charge in [0.15, 0.2) is 0 Å². The van der Waals surface area contributed by atoms with Crippen LogP contribution in [0.2, 0.25) is 0 Å². The lowest BCUT2D eigenvalue weighted by atomic mass is 9.94. The first-order chi connectivity index (χ1) is 9.79. The summed E-state index contributed by atoms with van der Waals surface area (Å²) >= 11 is 1.23. The van der Waals surface area contributed by atoms with Gasteiger partial charge in [0.05, 0.1) is 6.54 Å². The van der Waals surface area contributed by atoms with E-state index in [1.807, 2.05) is 0 Å². The van der Waals surface area contributed by atoms with E-state index in [2.05, 4.69) is 19.2 Å². The van der Waals surface area contributed by atoms with E-state index in [0.29, 0.717) is 35.7 Å². The number of carbonyl (C=O) groups is 1. The largest absolute Gasteiger partial charge is 0.351 e. The maximum Gasteiger partial charge on any atom is 0.252 e. The van der Waals surface area contributed by atoms with Crippen LogP contribution < -0.4 is 5.32 Å². The molecule has 0 aliphatic carbocycles. The third-order valence-corrected chi connectivity index (χ3v) is 6.96. The van der Waals surface area contributed by atoms with Crippen molar-refractivity contribution in [3.63, 3.8) is 0 Å². The number of carbonyl (C=O) groups excluding carboxylic acids is 1. The molecule has 0 unspecified atom stereocenters. The monoisotopic (exact) mass is 330 g/mol. The predicted molar refractivity (Wildman–Crippen MR) is 83.5 cm³/mol. The number of rotatable bonds is 4. The van der Waals surface area contributed by atoms with Crippen LogP contribution in [0.3, 0.4) is 0 Å². The summed E-state index contributed by atoms with van der Waals surface area (Å²) in [6.07, 6.45) is 1.07. The third kappa shape index (κ3) is 4.05. The van der Waals surface area contributed by atoms with Crippen molar-refractivity contribution in [2.75, 3.05) is 13.1 Å². The average Bonchev–Trinajstić information content (AvgIpc) is 2.84. The van der Waals surface area contributed by atoms with Gasteiger partial charge in [-0.1, -0.05) is 13.8 Å². The van der Waals surface area contributed by atoms with Crippen LogP contribution >= 0.6 is 11.3 Å². The molecule has 2 heterocycles. The van der Waals surface area contributed by atoms with Gasteiger partial charge in [0.2, 0.25) is 5.91 Å². The third-order valence-electron chi connectivity index (χ3n) is 3.58. The summed E-state index contributed by atoms with van der Waals surface area (Å²) in [7, 11) is -3.41. The summed E-state index contributed by atoms with van der Waals surface area (Å²) in [4.78, 5) is 11.8. The highest BCUT2D eigenvalue weighted by atomic mass is 32.2.